The van der Waals surface area contributed by atoms with Gasteiger partial charge in [0.1, 0.15) is 16.9 Å². The topological polar surface area (TPSA) is 63.1 Å². The summed E-state index contributed by atoms with van der Waals surface area (Å²) in [6.45, 7) is 25.8. The molecular weight excluding hydrogens is 869 g/mol. The standard InChI is InChI=1S/C31H29N2S2.C15H28O2.Ir/c1-17(2)13-25-18(3)21-11-12-23-26-27(32-16-33-30(26)35-29(23)28(21)34-25)20-14-19-9-7-8-10-22(19)24(15-20)31(4,5)6;1-7-14(5,8-2)12(16)11-13(17)15(6,9-3)10-4;/h7-12,15-17H,13H2,1-6H3;11,16H,7-10H2,1-6H3;/q-1;;/b;12-11-;. The maximum atomic E-state index is 12.2. The van der Waals surface area contributed by atoms with E-state index in [1.165, 1.54) is 47.6 Å². The number of rotatable bonds is 10. The molecule has 3 aromatic heterocycles. The minimum absolute atomic E-state index is 0. The van der Waals surface area contributed by atoms with Gasteiger partial charge in [-0.3, -0.25) is 9.78 Å². The molecule has 0 fully saturated rings. The molecule has 0 aliphatic rings. The molecule has 0 bridgehead atoms. The van der Waals surface area contributed by atoms with E-state index in [0.717, 1.165) is 59.0 Å². The number of benzene rings is 3. The van der Waals surface area contributed by atoms with Gasteiger partial charge in [-0.1, -0.05) is 117 Å². The quantitative estimate of drug-likeness (QED) is 0.0845. The average Bonchev–Trinajstić information content (AvgIpc) is 3.66. The van der Waals surface area contributed by atoms with Gasteiger partial charge in [-0.25, -0.2) is 4.98 Å². The van der Waals surface area contributed by atoms with Gasteiger partial charge in [0.2, 0.25) is 0 Å². The minimum atomic E-state index is -0.337. The molecule has 0 saturated carbocycles. The van der Waals surface area contributed by atoms with Crippen LogP contribution in [0.25, 0.3) is 52.4 Å². The van der Waals surface area contributed by atoms with Gasteiger partial charge in [0, 0.05) is 53.0 Å². The van der Waals surface area contributed by atoms with Crippen LogP contribution in [-0.2, 0) is 36.7 Å². The summed E-state index contributed by atoms with van der Waals surface area (Å²) < 4.78 is 2.72. The summed E-state index contributed by atoms with van der Waals surface area (Å²) in [7, 11) is 0. The first-order valence-corrected chi connectivity index (χ1v) is 20.6. The summed E-state index contributed by atoms with van der Waals surface area (Å²) in [5.74, 6) is 0.936. The maximum absolute atomic E-state index is 12.2. The second-order valence-corrected chi connectivity index (χ2v) is 18.5. The van der Waals surface area contributed by atoms with E-state index >= 15 is 0 Å². The summed E-state index contributed by atoms with van der Waals surface area (Å²) in [4.78, 5) is 24.3. The van der Waals surface area contributed by atoms with Crippen LogP contribution in [0, 0.1) is 29.7 Å². The molecule has 3 aromatic carbocycles. The molecule has 7 heteroatoms. The Bertz CT molecular complexity index is 2260. The number of nitrogens with zero attached hydrogens (tertiary/aromatic N) is 2. The van der Waals surface area contributed by atoms with E-state index in [9.17, 15) is 9.90 Å². The number of carbonyl (C=O) groups is 1. The molecular formula is C46H57IrN2O2S2-. The van der Waals surface area contributed by atoms with Crippen LogP contribution in [0.15, 0.2) is 60.6 Å². The molecule has 0 amide bonds. The van der Waals surface area contributed by atoms with Crippen molar-refractivity contribution in [3.05, 3.63) is 82.7 Å². The van der Waals surface area contributed by atoms with Crippen molar-refractivity contribution in [3.8, 4) is 11.3 Å². The number of allylic oxidation sites excluding steroid dienone is 2. The Morgan fingerprint density at radius 1 is 0.849 bits per heavy atom. The van der Waals surface area contributed by atoms with E-state index in [1.807, 2.05) is 52.9 Å². The van der Waals surface area contributed by atoms with Crippen LogP contribution < -0.4 is 0 Å². The second kappa shape index (κ2) is 16.8. The maximum Gasteiger partial charge on any atom is 0.164 e. The molecule has 6 aromatic rings. The summed E-state index contributed by atoms with van der Waals surface area (Å²) in [6.07, 6.45) is 7.60. The van der Waals surface area contributed by atoms with E-state index in [-0.39, 0.29) is 47.9 Å². The van der Waals surface area contributed by atoms with Gasteiger partial charge >= 0.3 is 0 Å². The predicted molar refractivity (Wildman–Crippen MR) is 227 cm³/mol. The minimum Gasteiger partial charge on any atom is -0.512 e. The van der Waals surface area contributed by atoms with Crippen molar-refractivity contribution in [2.75, 3.05) is 0 Å². The average molecular weight is 926 g/mol. The van der Waals surface area contributed by atoms with Crippen molar-refractivity contribution in [2.24, 2.45) is 16.7 Å². The van der Waals surface area contributed by atoms with Crippen LogP contribution in [0.2, 0.25) is 0 Å². The van der Waals surface area contributed by atoms with Crippen molar-refractivity contribution >= 4 is 69.6 Å². The molecule has 0 spiro atoms. The smallest absolute Gasteiger partial charge is 0.164 e. The molecule has 0 atom stereocenters. The number of aromatic nitrogens is 2. The Labute approximate surface area is 338 Å². The number of carbonyl (C=O) groups excluding carboxylic acids is 1. The fourth-order valence-corrected chi connectivity index (χ4v) is 9.62. The SMILES string of the molecule is CCC(C)(CC)C(=O)/C=C(\O)C(C)(CC)CC.Cc1c(CC(C)C)sc2c1ccc1c2sc2ncnc(-c3[c-]c4ccccc4c(C(C)(C)C)c3)c21.[Ir]. The Morgan fingerprint density at radius 2 is 1.45 bits per heavy atom. The number of ketones is 1. The number of fused-ring (bicyclic) bond motifs is 6. The Morgan fingerprint density at radius 3 is 2.06 bits per heavy atom. The fourth-order valence-electron chi connectivity index (χ4n) is 6.83. The normalized spacial score (nSPS) is 12.8. The molecule has 1 N–H and O–H groups in total. The Hall–Kier alpha value is -2.96. The molecule has 1 radical (unpaired) electrons. The van der Waals surface area contributed by atoms with Gasteiger partial charge in [-0.05, 0) is 66.7 Å². The van der Waals surface area contributed by atoms with Crippen molar-refractivity contribution in [2.45, 2.75) is 121 Å². The summed E-state index contributed by atoms with van der Waals surface area (Å²) >= 11 is 3.76. The number of hydrogen-bond donors (Lipinski definition) is 1. The summed E-state index contributed by atoms with van der Waals surface area (Å²) in [6, 6.07) is 19.1. The molecule has 53 heavy (non-hydrogen) atoms. The summed E-state index contributed by atoms with van der Waals surface area (Å²) in [5.41, 5.74) is 4.19. The molecule has 6 rings (SSSR count). The van der Waals surface area contributed by atoms with Crippen LogP contribution in [0.4, 0.5) is 0 Å². The van der Waals surface area contributed by atoms with Crippen LogP contribution in [0.1, 0.15) is 118 Å². The van der Waals surface area contributed by atoms with E-state index in [2.05, 4.69) is 90.1 Å². The predicted octanol–water partition coefficient (Wildman–Crippen LogP) is 14.1. The van der Waals surface area contributed by atoms with E-state index in [0.29, 0.717) is 5.92 Å². The first kappa shape index (κ1) is 42.8. The van der Waals surface area contributed by atoms with E-state index < -0.39 is 0 Å². The number of aliphatic hydroxyl groups excluding tert-OH is 1. The molecule has 0 aliphatic carbocycles. The third kappa shape index (κ3) is 8.49. The van der Waals surface area contributed by atoms with Crippen molar-refractivity contribution in [1.29, 1.82) is 0 Å². The Kier molecular flexibility index (Phi) is 13.6. The molecule has 0 unspecified atom stereocenters. The van der Waals surface area contributed by atoms with Crippen molar-refractivity contribution in [1.82, 2.24) is 9.97 Å². The number of hydrogen-bond acceptors (Lipinski definition) is 6. The molecule has 285 valence electrons. The summed E-state index contributed by atoms with van der Waals surface area (Å²) in [5, 5.41) is 16.3. The zero-order valence-corrected chi connectivity index (χ0v) is 37.7. The van der Waals surface area contributed by atoms with Crippen molar-refractivity contribution in [3.63, 3.8) is 0 Å². The molecule has 4 nitrogen and oxygen atoms in total. The van der Waals surface area contributed by atoms with Gasteiger partial charge in [-0.15, -0.1) is 51.8 Å². The number of thiophene rings is 2. The fraction of sp³-hybridized carbons (Fsp3) is 0.457. The van der Waals surface area contributed by atoms with Gasteiger partial charge in [0.25, 0.3) is 0 Å². The van der Waals surface area contributed by atoms with E-state index in [4.69, 9.17) is 9.97 Å². The zero-order valence-electron chi connectivity index (χ0n) is 33.7. The first-order chi connectivity index (χ1) is 24.5. The Balaban J connectivity index is 0.000000299. The van der Waals surface area contributed by atoms with Gasteiger partial charge < -0.3 is 5.11 Å². The molecule has 0 aliphatic heterocycles. The third-order valence-corrected chi connectivity index (χ3v) is 14.1. The number of aliphatic hydroxyl groups is 1. The second-order valence-electron chi connectivity index (χ2n) is 16.4. The molecule has 3 heterocycles. The van der Waals surface area contributed by atoms with Crippen LogP contribution >= 0.6 is 22.7 Å². The number of aryl methyl sites for hydroxylation is 1. The van der Waals surface area contributed by atoms with Crippen LogP contribution in [0.5, 0.6) is 0 Å². The van der Waals surface area contributed by atoms with Crippen LogP contribution in [-0.4, -0.2) is 20.9 Å². The monoisotopic (exact) mass is 926 g/mol. The van der Waals surface area contributed by atoms with Gasteiger partial charge in [0.15, 0.2) is 5.78 Å². The zero-order chi connectivity index (χ0) is 38.2. The largest absolute Gasteiger partial charge is 0.512 e. The first-order valence-electron chi connectivity index (χ1n) is 19.0. The van der Waals surface area contributed by atoms with Gasteiger partial charge in [-0.2, -0.15) is 0 Å². The van der Waals surface area contributed by atoms with Crippen LogP contribution in [0.3, 0.4) is 0 Å². The van der Waals surface area contributed by atoms with E-state index in [1.54, 1.807) is 17.7 Å². The molecule has 0 saturated heterocycles. The third-order valence-electron chi connectivity index (χ3n) is 11.5. The van der Waals surface area contributed by atoms with Gasteiger partial charge in [0.05, 0.1) is 9.40 Å². The van der Waals surface area contributed by atoms with Crippen molar-refractivity contribution < 1.29 is 30.0 Å².